The summed E-state index contributed by atoms with van der Waals surface area (Å²) >= 11 is 3.00. The van der Waals surface area contributed by atoms with Crippen molar-refractivity contribution in [1.82, 2.24) is 15.1 Å². The smallest absolute Gasteiger partial charge is 0.240 e. The largest absolute Gasteiger partial charge is 0.468 e. The maximum atomic E-state index is 12.0. The highest BCUT2D eigenvalue weighted by atomic mass is 32.2. The molecule has 1 atom stereocenters. The van der Waals surface area contributed by atoms with Gasteiger partial charge in [-0.25, -0.2) is 0 Å². The zero-order valence-electron chi connectivity index (χ0n) is 12.2. The van der Waals surface area contributed by atoms with Crippen LogP contribution in [0, 0.1) is 0 Å². The number of likely N-dealkylation sites (N-methyl/N-ethyl adjacent to an activating group) is 1. The number of amides is 1. The fraction of sp³-hybridized carbons (Fsp3) is 0.462. The standard InChI is InChI=1S/C13H18N4O2S2/c1-4-20-13-16-15-12(21-13)14-11(18)8-17(3)9(2)10-6-5-7-19-10/h5-7,9H,4,8H2,1-3H3,(H,14,15,18)/t9-/m0/s1. The summed E-state index contributed by atoms with van der Waals surface area (Å²) in [5.41, 5.74) is 0. The molecule has 0 aliphatic carbocycles. The summed E-state index contributed by atoms with van der Waals surface area (Å²) in [4.78, 5) is 13.9. The Labute approximate surface area is 131 Å². The van der Waals surface area contributed by atoms with E-state index in [9.17, 15) is 4.79 Å². The zero-order valence-corrected chi connectivity index (χ0v) is 13.8. The van der Waals surface area contributed by atoms with E-state index in [1.807, 2.05) is 31.0 Å². The fourth-order valence-corrected chi connectivity index (χ4v) is 3.38. The molecule has 0 bridgehead atoms. The molecule has 1 N–H and O–H groups in total. The van der Waals surface area contributed by atoms with Crippen molar-refractivity contribution < 1.29 is 9.21 Å². The van der Waals surface area contributed by atoms with Gasteiger partial charge in [0.25, 0.3) is 0 Å². The van der Waals surface area contributed by atoms with Crippen molar-refractivity contribution in [3.63, 3.8) is 0 Å². The van der Waals surface area contributed by atoms with E-state index in [-0.39, 0.29) is 18.5 Å². The Bertz CT molecular complexity index is 570. The summed E-state index contributed by atoms with van der Waals surface area (Å²) in [5, 5.41) is 11.3. The minimum Gasteiger partial charge on any atom is -0.468 e. The molecule has 6 nitrogen and oxygen atoms in total. The fourth-order valence-electron chi connectivity index (χ4n) is 1.71. The average molecular weight is 326 g/mol. The number of hydrogen-bond donors (Lipinski definition) is 1. The van der Waals surface area contributed by atoms with Crippen molar-refractivity contribution in [2.75, 3.05) is 24.7 Å². The molecule has 0 aliphatic heterocycles. The Kier molecular flexibility index (Phi) is 5.77. The van der Waals surface area contributed by atoms with Crippen LogP contribution >= 0.6 is 23.1 Å². The lowest BCUT2D eigenvalue weighted by Gasteiger charge is -2.21. The molecule has 0 fully saturated rings. The maximum absolute atomic E-state index is 12.0. The van der Waals surface area contributed by atoms with Crippen LogP contribution in [0.1, 0.15) is 25.6 Å². The lowest BCUT2D eigenvalue weighted by Crippen LogP contribution is -2.32. The zero-order chi connectivity index (χ0) is 15.2. The molecule has 0 saturated carbocycles. The van der Waals surface area contributed by atoms with Gasteiger partial charge < -0.3 is 4.42 Å². The van der Waals surface area contributed by atoms with Crippen molar-refractivity contribution in [3.8, 4) is 0 Å². The van der Waals surface area contributed by atoms with E-state index >= 15 is 0 Å². The van der Waals surface area contributed by atoms with Crippen LogP contribution < -0.4 is 5.32 Å². The van der Waals surface area contributed by atoms with Crippen LogP contribution in [0.5, 0.6) is 0 Å². The van der Waals surface area contributed by atoms with Crippen LogP contribution in [-0.2, 0) is 4.79 Å². The van der Waals surface area contributed by atoms with Crippen LogP contribution in [0.4, 0.5) is 5.13 Å². The Morgan fingerprint density at radius 2 is 2.38 bits per heavy atom. The molecule has 0 aromatic carbocycles. The Balaban J connectivity index is 1.85. The van der Waals surface area contributed by atoms with E-state index in [0.29, 0.717) is 5.13 Å². The first-order valence-corrected chi connectivity index (χ1v) is 8.40. The predicted molar refractivity (Wildman–Crippen MR) is 84.7 cm³/mol. The van der Waals surface area contributed by atoms with Crippen molar-refractivity contribution in [1.29, 1.82) is 0 Å². The highest BCUT2D eigenvalue weighted by molar-refractivity contribution is 8.01. The Hall–Kier alpha value is -1.38. The second kappa shape index (κ2) is 7.58. The minimum atomic E-state index is -0.111. The minimum absolute atomic E-state index is 0.0337. The molecule has 2 rings (SSSR count). The lowest BCUT2D eigenvalue weighted by molar-refractivity contribution is -0.117. The second-order valence-electron chi connectivity index (χ2n) is 4.46. The van der Waals surface area contributed by atoms with Crippen molar-refractivity contribution >= 4 is 34.1 Å². The monoisotopic (exact) mass is 326 g/mol. The van der Waals surface area contributed by atoms with E-state index in [4.69, 9.17) is 4.42 Å². The Morgan fingerprint density at radius 1 is 1.57 bits per heavy atom. The number of aromatic nitrogens is 2. The number of nitrogens with one attached hydrogen (secondary N) is 1. The van der Waals surface area contributed by atoms with Gasteiger partial charge in [0.05, 0.1) is 18.8 Å². The van der Waals surface area contributed by atoms with Crippen LogP contribution in [0.2, 0.25) is 0 Å². The van der Waals surface area contributed by atoms with Gasteiger partial charge in [-0.15, -0.1) is 10.2 Å². The van der Waals surface area contributed by atoms with E-state index in [2.05, 4.69) is 22.4 Å². The number of hydrogen-bond acceptors (Lipinski definition) is 7. The van der Waals surface area contributed by atoms with Gasteiger partial charge in [-0.1, -0.05) is 30.0 Å². The van der Waals surface area contributed by atoms with Gasteiger partial charge in [0.15, 0.2) is 4.34 Å². The molecule has 2 heterocycles. The van der Waals surface area contributed by atoms with E-state index in [0.717, 1.165) is 15.9 Å². The number of anilines is 1. The molecule has 8 heteroatoms. The maximum Gasteiger partial charge on any atom is 0.240 e. The molecule has 0 unspecified atom stereocenters. The summed E-state index contributed by atoms with van der Waals surface area (Å²) in [7, 11) is 1.88. The molecule has 0 saturated heterocycles. The van der Waals surface area contributed by atoms with Gasteiger partial charge in [-0.3, -0.25) is 15.0 Å². The first-order valence-electron chi connectivity index (χ1n) is 6.60. The summed E-state index contributed by atoms with van der Waals surface area (Å²) in [6, 6.07) is 3.78. The number of nitrogens with zero attached hydrogens (tertiary/aromatic N) is 3. The van der Waals surface area contributed by atoms with E-state index in [1.165, 1.54) is 11.3 Å². The second-order valence-corrected chi connectivity index (χ2v) is 6.95. The summed E-state index contributed by atoms with van der Waals surface area (Å²) in [6.45, 7) is 4.31. The number of rotatable bonds is 7. The first kappa shape index (κ1) is 16.0. The van der Waals surface area contributed by atoms with Crippen molar-refractivity contribution in [2.45, 2.75) is 24.2 Å². The molecule has 21 heavy (non-hydrogen) atoms. The van der Waals surface area contributed by atoms with E-state index in [1.54, 1.807) is 18.0 Å². The first-order chi connectivity index (χ1) is 10.1. The summed E-state index contributed by atoms with van der Waals surface area (Å²) in [5.74, 6) is 1.66. The van der Waals surface area contributed by atoms with Gasteiger partial charge in [0, 0.05) is 0 Å². The van der Waals surface area contributed by atoms with Crippen LogP contribution in [0.3, 0.4) is 0 Å². The van der Waals surface area contributed by atoms with Crippen molar-refractivity contribution in [2.24, 2.45) is 0 Å². The van der Waals surface area contributed by atoms with Crippen molar-refractivity contribution in [3.05, 3.63) is 24.2 Å². The molecule has 0 spiro atoms. The highest BCUT2D eigenvalue weighted by Gasteiger charge is 2.17. The van der Waals surface area contributed by atoms with Gasteiger partial charge in [-0.05, 0) is 31.9 Å². The molecule has 0 aliphatic rings. The molecule has 1 amide bonds. The third kappa shape index (κ3) is 4.55. The SMILES string of the molecule is CCSc1nnc(NC(=O)CN(C)[C@@H](C)c2ccco2)s1. The van der Waals surface area contributed by atoms with Crippen LogP contribution in [0.15, 0.2) is 27.2 Å². The van der Waals surface area contributed by atoms with Crippen LogP contribution in [-0.4, -0.2) is 40.3 Å². The third-order valence-corrected chi connectivity index (χ3v) is 4.78. The topological polar surface area (TPSA) is 71.3 Å². The number of carbonyl (C=O) groups is 1. The highest BCUT2D eigenvalue weighted by Crippen LogP contribution is 2.25. The average Bonchev–Trinajstić information content (AvgIpc) is 3.10. The number of furan rings is 1. The predicted octanol–water partition coefficient (Wildman–Crippen LogP) is 2.87. The third-order valence-electron chi connectivity index (χ3n) is 2.93. The van der Waals surface area contributed by atoms with Gasteiger partial charge in [-0.2, -0.15) is 0 Å². The molecule has 114 valence electrons. The Morgan fingerprint density at radius 3 is 3.05 bits per heavy atom. The molecular formula is C13H18N4O2S2. The molecule has 2 aromatic rings. The normalized spacial score (nSPS) is 12.6. The molecular weight excluding hydrogens is 308 g/mol. The van der Waals surface area contributed by atoms with Gasteiger partial charge >= 0.3 is 0 Å². The summed E-state index contributed by atoms with van der Waals surface area (Å²) in [6.07, 6.45) is 1.63. The molecule has 2 aromatic heterocycles. The van der Waals surface area contributed by atoms with Crippen LogP contribution in [0.25, 0.3) is 0 Å². The lowest BCUT2D eigenvalue weighted by atomic mass is 10.2. The van der Waals surface area contributed by atoms with Gasteiger partial charge in [0.1, 0.15) is 5.76 Å². The summed E-state index contributed by atoms with van der Waals surface area (Å²) < 4.78 is 6.22. The number of carbonyl (C=O) groups excluding carboxylic acids is 1. The quantitative estimate of drug-likeness (QED) is 0.623. The van der Waals surface area contributed by atoms with Gasteiger partial charge in [0.2, 0.25) is 11.0 Å². The van der Waals surface area contributed by atoms with E-state index < -0.39 is 0 Å². The number of thioether (sulfide) groups is 1. The molecule has 0 radical (unpaired) electrons.